The number of carbonyl (C=O) groups is 1. The lowest BCUT2D eigenvalue weighted by atomic mass is 10.1. The summed E-state index contributed by atoms with van der Waals surface area (Å²) < 4.78 is 10.3. The Hall–Kier alpha value is -2.41. The van der Waals surface area contributed by atoms with Crippen LogP contribution in [0.5, 0.6) is 5.75 Å². The molecule has 1 rings (SSSR count). The lowest BCUT2D eigenvalue weighted by Gasteiger charge is -2.08. The zero-order chi connectivity index (χ0) is 14.3. The van der Waals surface area contributed by atoms with E-state index in [0.717, 1.165) is 6.08 Å². The molecule has 7 heteroatoms. The molecule has 0 saturated heterocycles. The van der Waals surface area contributed by atoms with Crippen LogP contribution < -0.4 is 4.74 Å². The highest BCUT2D eigenvalue weighted by atomic mass is 16.7. The second kappa shape index (κ2) is 7.12. The van der Waals surface area contributed by atoms with Crippen molar-refractivity contribution in [2.45, 2.75) is 6.92 Å². The fraction of sp³-hybridized carbons (Fsp3) is 0.250. The first-order chi connectivity index (χ1) is 9.04. The van der Waals surface area contributed by atoms with Crippen molar-refractivity contribution in [2.75, 3.05) is 13.4 Å². The smallest absolute Gasteiger partial charge is 0.328 e. The van der Waals surface area contributed by atoms with Crippen LogP contribution in [0.3, 0.4) is 0 Å². The van der Waals surface area contributed by atoms with E-state index in [2.05, 4.69) is 0 Å². The molecule has 0 amide bonds. The van der Waals surface area contributed by atoms with Crippen LogP contribution in [0.25, 0.3) is 6.08 Å². The second-order valence-corrected chi connectivity index (χ2v) is 3.41. The van der Waals surface area contributed by atoms with Gasteiger partial charge in [0.25, 0.3) is 5.69 Å². The van der Waals surface area contributed by atoms with Crippen molar-refractivity contribution in [1.29, 1.82) is 0 Å². The number of nitro benzene ring substituents is 1. The van der Waals surface area contributed by atoms with E-state index in [9.17, 15) is 14.9 Å². The van der Waals surface area contributed by atoms with Crippen molar-refractivity contribution in [3.05, 3.63) is 40.0 Å². The number of carboxylic acids is 1. The lowest BCUT2D eigenvalue weighted by Crippen LogP contribution is -2.03. The van der Waals surface area contributed by atoms with Crippen LogP contribution in [0.15, 0.2) is 24.3 Å². The summed E-state index contributed by atoms with van der Waals surface area (Å²) in [6.45, 7) is 2.25. The van der Waals surface area contributed by atoms with Gasteiger partial charge in [-0.25, -0.2) is 4.79 Å². The number of rotatable bonds is 7. The molecule has 0 aliphatic carbocycles. The van der Waals surface area contributed by atoms with Gasteiger partial charge in [-0.15, -0.1) is 0 Å². The molecule has 0 heterocycles. The van der Waals surface area contributed by atoms with Crippen LogP contribution in [0, 0.1) is 10.1 Å². The van der Waals surface area contributed by atoms with Crippen LogP contribution in [-0.2, 0) is 9.53 Å². The average molecular weight is 267 g/mol. The van der Waals surface area contributed by atoms with Crippen molar-refractivity contribution in [3.8, 4) is 5.75 Å². The van der Waals surface area contributed by atoms with E-state index in [0.29, 0.717) is 17.9 Å². The zero-order valence-corrected chi connectivity index (χ0v) is 10.2. The maximum Gasteiger partial charge on any atom is 0.328 e. The molecule has 0 aliphatic heterocycles. The summed E-state index contributed by atoms with van der Waals surface area (Å²) in [5.74, 6) is -0.834. The Balaban J connectivity index is 3.00. The van der Waals surface area contributed by atoms with Crippen molar-refractivity contribution in [3.63, 3.8) is 0 Å². The topological polar surface area (TPSA) is 98.9 Å². The maximum atomic E-state index is 10.7. The number of nitrogens with zero attached hydrogens (tertiary/aromatic N) is 1. The number of ether oxygens (including phenoxy) is 2. The summed E-state index contributed by atoms with van der Waals surface area (Å²) in [6.07, 6.45) is 2.11. The quantitative estimate of drug-likeness (QED) is 0.267. The Bertz CT molecular complexity index is 497. The highest BCUT2D eigenvalue weighted by molar-refractivity contribution is 5.86. The summed E-state index contributed by atoms with van der Waals surface area (Å²) in [5, 5.41) is 19.2. The Morgan fingerprint density at radius 2 is 2.26 bits per heavy atom. The molecule has 0 saturated carbocycles. The first-order valence-electron chi connectivity index (χ1n) is 5.44. The van der Waals surface area contributed by atoms with E-state index in [4.69, 9.17) is 14.6 Å². The number of nitro groups is 1. The molecule has 1 aromatic carbocycles. The van der Waals surface area contributed by atoms with Gasteiger partial charge in [0.2, 0.25) is 0 Å². The maximum absolute atomic E-state index is 10.7. The SMILES string of the molecule is CCOCOc1ccc([N+](=O)[O-])cc1C=CC(=O)O. The first-order valence-corrected chi connectivity index (χ1v) is 5.44. The standard InChI is InChI=1S/C12H13NO6/c1-2-18-8-19-11-5-4-10(13(16)17)7-9(11)3-6-12(14)15/h3-7H,2,8H2,1H3,(H,14,15). The van der Waals surface area contributed by atoms with E-state index in [-0.39, 0.29) is 12.5 Å². The van der Waals surface area contributed by atoms with Gasteiger partial charge in [0.05, 0.1) is 4.92 Å². The van der Waals surface area contributed by atoms with Crippen molar-refractivity contribution in [1.82, 2.24) is 0 Å². The number of hydrogen-bond donors (Lipinski definition) is 1. The first kappa shape index (κ1) is 14.7. The normalized spacial score (nSPS) is 10.6. The van der Waals surface area contributed by atoms with E-state index < -0.39 is 10.9 Å². The molecule has 0 bridgehead atoms. The van der Waals surface area contributed by atoms with Gasteiger partial charge < -0.3 is 14.6 Å². The number of benzene rings is 1. The number of carboxylic acid groups (broad SMARTS) is 1. The molecule has 19 heavy (non-hydrogen) atoms. The summed E-state index contributed by atoms with van der Waals surface area (Å²) in [6, 6.07) is 3.92. The van der Waals surface area contributed by atoms with E-state index in [1.165, 1.54) is 24.3 Å². The zero-order valence-electron chi connectivity index (χ0n) is 10.2. The van der Waals surface area contributed by atoms with Crippen molar-refractivity contribution >= 4 is 17.7 Å². The Morgan fingerprint density at radius 1 is 1.53 bits per heavy atom. The molecule has 1 aromatic rings. The minimum atomic E-state index is -1.15. The average Bonchev–Trinajstić information content (AvgIpc) is 2.37. The van der Waals surface area contributed by atoms with Crippen LogP contribution >= 0.6 is 0 Å². The highest BCUT2D eigenvalue weighted by Crippen LogP contribution is 2.25. The van der Waals surface area contributed by atoms with Gasteiger partial charge in [-0.1, -0.05) is 0 Å². The predicted molar refractivity (Wildman–Crippen MR) is 66.9 cm³/mol. The molecule has 1 N–H and O–H groups in total. The predicted octanol–water partition coefficient (Wildman–Crippen LogP) is 2.07. The molecule has 0 atom stereocenters. The highest BCUT2D eigenvalue weighted by Gasteiger charge is 2.10. The van der Waals surface area contributed by atoms with E-state index in [1.807, 2.05) is 0 Å². The van der Waals surface area contributed by atoms with E-state index >= 15 is 0 Å². The summed E-state index contributed by atoms with van der Waals surface area (Å²) >= 11 is 0. The molecule has 0 aliphatic rings. The molecule has 0 radical (unpaired) electrons. The fourth-order valence-corrected chi connectivity index (χ4v) is 1.26. The third-order valence-corrected chi connectivity index (χ3v) is 2.11. The summed E-state index contributed by atoms with van der Waals surface area (Å²) in [4.78, 5) is 20.6. The molecule has 102 valence electrons. The van der Waals surface area contributed by atoms with Crippen LogP contribution in [0.2, 0.25) is 0 Å². The molecule has 0 fully saturated rings. The number of hydrogen-bond acceptors (Lipinski definition) is 5. The van der Waals surface area contributed by atoms with Gasteiger partial charge >= 0.3 is 5.97 Å². The number of aliphatic carboxylic acids is 1. The van der Waals surface area contributed by atoms with Gasteiger partial charge in [0, 0.05) is 30.4 Å². The van der Waals surface area contributed by atoms with Crippen LogP contribution in [0.4, 0.5) is 5.69 Å². The van der Waals surface area contributed by atoms with Gasteiger partial charge in [0.15, 0.2) is 6.79 Å². The van der Waals surface area contributed by atoms with E-state index in [1.54, 1.807) is 6.92 Å². The third kappa shape index (κ3) is 4.76. The molecule has 0 unspecified atom stereocenters. The third-order valence-electron chi connectivity index (χ3n) is 2.11. The lowest BCUT2D eigenvalue weighted by molar-refractivity contribution is -0.384. The summed E-state index contributed by atoms with van der Waals surface area (Å²) in [7, 11) is 0. The Kier molecular flexibility index (Phi) is 5.49. The second-order valence-electron chi connectivity index (χ2n) is 3.41. The number of non-ortho nitro benzene ring substituents is 1. The van der Waals surface area contributed by atoms with Gasteiger partial charge in [-0.05, 0) is 19.1 Å². The Morgan fingerprint density at radius 3 is 2.84 bits per heavy atom. The molecule has 7 nitrogen and oxygen atoms in total. The van der Waals surface area contributed by atoms with Crippen LogP contribution in [-0.4, -0.2) is 29.4 Å². The van der Waals surface area contributed by atoms with Crippen molar-refractivity contribution in [2.24, 2.45) is 0 Å². The summed E-state index contributed by atoms with van der Waals surface area (Å²) in [5.41, 5.74) is 0.158. The van der Waals surface area contributed by atoms with Crippen molar-refractivity contribution < 1.29 is 24.3 Å². The van der Waals surface area contributed by atoms with Gasteiger partial charge in [0.1, 0.15) is 5.75 Å². The minimum Gasteiger partial charge on any atom is -0.478 e. The largest absolute Gasteiger partial charge is 0.478 e. The monoisotopic (exact) mass is 267 g/mol. The van der Waals surface area contributed by atoms with Crippen LogP contribution in [0.1, 0.15) is 12.5 Å². The minimum absolute atomic E-state index is 0.0117. The fourth-order valence-electron chi connectivity index (χ4n) is 1.26. The molecule has 0 aromatic heterocycles. The molecular weight excluding hydrogens is 254 g/mol. The van der Waals surface area contributed by atoms with Gasteiger partial charge in [-0.2, -0.15) is 0 Å². The molecular formula is C12H13NO6. The van der Waals surface area contributed by atoms with Gasteiger partial charge in [-0.3, -0.25) is 10.1 Å². The molecule has 0 spiro atoms. The Labute approximate surface area is 109 Å².